The quantitative estimate of drug-likeness (QED) is 0.679. The molecule has 9 heteroatoms. The number of nitrogen functional groups attached to an aromatic ring is 1. The highest BCUT2D eigenvalue weighted by Crippen LogP contribution is 2.23. The molecule has 1 fully saturated rings. The molecule has 142 valence electrons. The van der Waals surface area contributed by atoms with E-state index < -0.39 is 6.09 Å². The SMILES string of the molecule is COc1ccccc1C(=O)c1cnc(NC2CCCN(C(=O)O)C2)nc1N. The summed E-state index contributed by atoms with van der Waals surface area (Å²) in [5.41, 5.74) is 6.53. The molecule has 2 heterocycles. The van der Waals surface area contributed by atoms with E-state index in [9.17, 15) is 9.59 Å². The Morgan fingerprint density at radius 2 is 2.11 bits per heavy atom. The number of para-hydroxylation sites is 1. The van der Waals surface area contributed by atoms with Gasteiger partial charge >= 0.3 is 6.09 Å². The molecule has 1 aromatic heterocycles. The first-order chi connectivity index (χ1) is 13.0. The fraction of sp³-hybridized carbons (Fsp3) is 0.333. The first-order valence-electron chi connectivity index (χ1n) is 8.54. The number of aromatic nitrogens is 2. The van der Waals surface area contributed by atoms with Crippen molar-refractivity contribution >= 4 is 23.6 Å². The Kier molecular flexibility index (Phi) is 5.39. The Bertz CT molecular complexity index is 857. The van der Waals surface area contributed by atoms with Gasteiger partial charge in [0.1, 0.15) is 11.6 Å². The molecule has 1 atom stereocenters. The Hall–Kier alpha value is -3.36. The van der Waals surface area contributed by atoms with Crippen LogP contribution in [0.15, 0.2) is 30.5 Å². The molecular weight excluding hydrogens is 350 g/mol. The van der Waals surface area contributed by atoms with Crippen LogP contribution in [0.4, 0.5) is 16.6 Å². The molecule has 0 aliphatic carbocycles. The van der Waals surface area contributed by atoms with Crippen molar-refractivity contribution in [2.24, 2.45) is 0 Å². The number of hydrogen-bond donors (Lipinski definition) is 3. The molecule has 2 aromatic rings. The minimum absolute atomic E-state index is 0.0503. The molecule has 1 aliphatic heterocycles. The number of nitrogens with two attached hydrogens (primary N) is 1. The van der Waals surface area contributed by atoms with Crippen LogP contribution < -0.4 is 15.8 Å². The first kappa shape index (κ1) is 18.4. The summed E-state index contributed by atoms with van der Waals surface area (Å²) < 4.78 is 5.21. The number of nitrogens with zero attached hydrogens (tertiary/aromatic N) is 3. The van der Waals surface area contributed by atoms with E-state index in [4.69, 9.17) is 15.6 Å². The van der Waals surface area contributed by atoms with E-state index in [1.54, 1.807) is 24.3 Å². The van der Waals surface area contributed by atoms with Gasteiger partial charge < -0.3 is 25.8 Å². The normalized spacial score (nSPS) is 16.6. The highest BCUT2D eigenvalue weighted by atomic mass is 16.5. The van der Waals surface area contributed by atoms with Crippen molar-refractivity contribution < 1.29 is 19.4 Å². The molecule has 9 nitrogen and oxygen atoms in total. The van der Waals surface area contributed by atoms with E-state index >= 15 is 0 Å². The largest absolute Gasteiger partial charge is 0.496 e. The number of carbonyl (C=O) groups is 2. The number of carbonyl (C=O) groups excluding carboxylic acids is 1. The predicted octanol–water partition coefficient (Wildman–Crippen LogP) is 1.85. The monoisotopic (exact) mass is 371 g/mol. The summed E-state index contributed by atoms with van der Waals surface area (Å²) in [5.74, 6) is 0.432. The zero-order chi connectivity index (χ0) is 19.4. The topological polar surface area (TPSA) is 131 Å². The maximum atomic E-state index is 12.7. The third-order valence-corrected chi connectivity index (χ3v) is 4.44. The summed E-state index contributed by atoms with van der Waals surface area (Å²) >= 11 is 0. The molecule has 0 radical (unpaired) electrons. The lowest BCUT2D eigenvalue weighted by Gasteiger charge is -2.31. The van der Waals surface area contributed by atoms with Gasteiger partial charge in [-0.2, -0.15) is 4.98 Å². The number of likely N-dealkylation sites (tertiary alicyclic amines) is 1. The van der Waals surface area contributed by atoms with Gasteiger partial charge in [-0.05, 0) is 25.0 Å². The van der Waals surface area contributed by atoms with Gasteiger partial charge in [0.2, 0.25) is 11.7 Å². The second-order valence-electron chi connectivity index (χ2n) is 6.23. The smallest absolute Gasteiger partial charge is 0.407 e. The number of anilines is 2. The zero-order valence-electron chi connectivity index (χ0n) is 14.9. The van der Waals surface area contributed by atoms with E-state index in [0.29, 0.717) is 24.4 Å². The number of ether oxygens (including phenoxy) is 1. The van der Waals surface area contributed by atoms with Crippen LogP contribution in [0.5, 0.6) is 5.75 Å². The number of rotatable bonds is 5. The van der Waals surface area contributed by atoms with Crippen molar-refractivity contribution in [2.75, 3.05) is 31.2 Å². The van der Waals surface area contributed by atoms with Gasteiger partial charge in [0.15, 0.2) is 0 Å². The van der Waals surface area contributed by atoms with Gasteiger partial charge in [0.05, 0.1) is 18.2 Å². The van der Waals surface area contributed by atoms with Crippen molar-refractivity contribution in [3.8, 4) is 5.75 Å². The van der Waals surface area contributed by atoms with Crippen molar-refractivity contribution in [1.82, 2.24) is 14.9 Å². The molecule has 3 rings (SSSR count). The van der Waals surface area contributed by atoms with Crippen LogP contribution in [0.2, 0.25) is 0 Å². The number of nitrogens with one attached hydrogen (secondary N) is 1. The summed E-state index contributed by atoms with van der Waals surface area (Å²) in [6.07, 6.45) is 1.98. The van der Waals surface area contributed by atoms with E-state index in [1.165, 1.54) is 18.2 Å². The number of methoxy groups -OCH3 is 1. The minimum Gasteiger partial charge on any atom is -0.496 e. The zero-order valence-corrected chi connectivity index (χ0v) is 14.9. The number of benzene rings is 1. The van der Waals surface area contributed by atoms with Crippen LogP contribution in [-0.4, -0.2) is 58.1 Å². The molecule has 1 aliphatic rings. The lowest BCUT2D eigenvalue weighted by atomic mass is 10.0. The molecular formula is C18H21N5O4. The summed E-state index contributed by atoms with van der Waals surface area (Å²) in [6.45, 7) is 0.864. The number of ketones is 1. The van der Waals surface area contributed by atoms with Gasteiger partial charge in [0.25, 0.3) is 0 Å². The van der Waals surface area contributed by atoms with Crippen molar-refractivity contribution in [3.05, 3.63) is 41.6 Å². The Balaban J connectivity index is 1.76. The summed E-state index contributed by atoms with van der Waals surface area (Å²) in [7, 11) is 1.49. The van der Waals surface area contributed by atoms with E-state index in [2.05, 4.69) is 15.3 Å². The van der Waals surface area contributed by atoms with Crippen LogP contribution in [-0.2, 0) is 0 Å². The van der Waals surface area contributed by atoms with Crippen LogP contribution in [0.3, 0.4) is 0 Å². The fourth-order valence-corrected chi connectivity index (χ4v) is 3.07. The fourth-order valence-electron chi connectivity index (χ4n) is 3.07. The molecule has 0 bridgehead atoms. The number of piperidine rings is 1. The Morgan fingerprint density at radius 1 is 1.33 bits per heavy atom. The molecule has 0 saturated carbocycles. The van der Waals surface area contributed by atoms with Crippen LogP contribution in [0.1, 0.15) is 28.8 Å². The number of hydrogen-bond acceptors (Lipinski definition) is 7. The molecule has 1 amide bonds. The predicted molar refractivity (Wildman–Crippen MR) is 99.1 cm³/mol. The number of amides is 1. The lowest BCUT2D eigenvalue weighted by molar-refractivity contribution is 0.103. The van der Waals surface area contributed by atoms with Crippen molar-refractivity contribution in [3.63, 3.8) is 0 Å². The van der Waals surface area contributed by atoms with Gasteiger partial charge in [-0.25, -0.2) is 9.78 Å². The Labute approximate surface area is 156 Å². The summed E-state index contributed by atoms with van der Waals surface area (Å²) in [5, 5.41) is 12.2. The van der Waals surface area contributed by atoms with E-state index in [-0.39, 0.29) is 29.2 Å². The van der Waals surface area contributed by atoms with Crippen molar-refractivity contribution in [2.45, 2.75) is 18.9 Å². The summed E-state index contributed by atoms with van der Waals surface area (Å²) in [6, 6.07) is 6.74. The van der Waals surface area contributed by atoms with E-state index in [1.807, 2.05) is 0 Å². The lowest BCUT2D eigenvalue weighted by Crippen LogP contribution is -2.44. The number of carboxylic acid groups (broad SMARTS) is 1. The van der Waals surface area contributed by atoms with Gasteiger partial charge in [-0.3, -0.25) is 4.79 Å². The maximum absolute atomic E-state index is 12.7. The van der Waals surface area contributed by atoms with E-state index in [0.717, 1.165) is 12.8 Å². The van der Waals surface area contributed by atoms with Crippen molar-refractivity contribution in [1.29, 1.82) is 0 Å². The maximum Gasteiger partial charge on any atom is 0.407 e. The standard InChI is InChI=1S/C18H21N5O4/c1-27-14-7-3-2-6-12(14)15(24)13-9-20-17(22-16(13)19)21-11-5-4-8-23(10-11)18(25)26/h2-3,6-7,9,11H,4-5,8,10H2,1H3,(H,25,26)(H3,19,20,21,22). The van der Waals surface area contributed by atoms with Crippen LogP contribution >= 0.6 is 0 Å². The third-order valence-electron chi connectivity index (χ3n) is 4.44. The molecule has 0 spiro atoms. The highest BCUT2D eigenvalue weighted by Gasteiger charge is 2.24. The molecule has 4 N–H and O–H groups in total. The Morgan fingerprint density at radius 3 is 2.81 bits per heavy atom. The van der Waals surface area contributed by atoms with Crippen LogP contribution in [0, 0.1) is 0 Å². The second kappa shape index (κ2) is 7.90. The molecule has 1 unspecified atom stereocenters. The van der Waals surface area contributed by atoms with Gasteiger partial charge in [-0.1, -0.05) is 12.1 Å². The average Bonchev–Trinajstić information content (AvgIpc) is 2.67. The molecule has 1 saturated heterocycles. The third kappa shape index (κ3) is 4.08. The second-order valence-corrected chi connectivity index (χ2v) is 6.23. The molecule has 1 aromatic carbocycles. The average molecular weight is 371 g/mol. The minimum atomic E-state index is -0.945. The van der Waals surface area contributed by atoms with Gasteiger partial charge in [0, 0.05) is 25.3 Å². The van der Waals surface area contributed by atoms with Gasteiger partial charge in [-0.15, -0.1) is 0 Å². The van der Waals surface area contributed by atoms with Crippen LogP contribution in [0.25, 0.3) is 0 Å². The molecule has 27 heavy (non-hydrogen) atoms. The highest BCUT2D eigenvalue weighted by molar-refractivity contribution is 6.13. The first-order valence-corrected chi connectivity index (χ1v) is 8.54. The summed E-state index contributed by atoms with van der Waals surface area (Å²) in [4.78, 5) is 33.5.